The van der Waals surface area contributed by atoms with Crippen LogP contribution in [0.15, 0.2) is 42.5 Å². The summed E-state index contributed by atoms with van der Waals surface area (Å²) in [5, 5.41) is 3.53. The van der Waals surface area contributed by atoms with Crippen molar-refractivity contribution < 1.29 is 14.3 Å². The Balaban J connectivity index is 1.57. The van der Waals surface area contributed by atoms with Gasteiger partial charge in [-0.1, -0.05) is 29.8 Å². The molecule has 0 radical (unpaired) electrons. The monoisotopic (exact) mass is 383 g/mol. The second-order valence-corrected chi connectivity index (χ2v) is 7.23. The second-order valence-electron chi connectivity index (χ2n) is 7.23. The summed E-state index contributed by atoms with van der Waals surface area (Å²) in [7, 11) is 3.28. The molecule has 1 amide bonds. The summed E-state index contributed by atoms with van der Waals surface area (Å²) < 4.78 is 10.6. The van der Waals surface area contributed by atoms with E-state index in [1.54, 1.807) is 14.2 Å². The Morgan fingerprint density at radius 3 is 2.18 bits per heavy atom. The molecular weight excluding hydrogens is 354 g/mol. The fraction of sp³-hybridized carbons (Fsp3) is 0.409. The number of hydrogen-bond acceptors (Lipinski definition) is 5. The molecule has 1 aliphatic rings. The van der Waals surface area contributed by atoms with Crippen LogP contribution < -0.4 is 20.5 Å². The molecule has 3 N–H and O–H groups in total. The summed E-state index contributed by atoms with van der Waals surface area (Å²) in [5.41, 5.74) is 9.18. The number of ether oxygens (including phenoxy) is 2. The van der Waals surface area contributed by atoms with Crippen LogP contribution in [-0.2, 0) is 4.79 Å². The number of hydrogen-bond donors (Lipinski definition) is 2. The Labute approximate surface area is 166 Å². The molecule has 2 aromatic rings. The SMILES string of the molecule is COc1cc(NC2CCN(C(=O)C(N)c3ccc(C)cc3)CC2)cc(OC)c1. The molecule has 1 aliphatic heterocycles. The maximum atomic E-state index is 12.8. The number of anilines is 1. The van der Waals surface area contributed by atoms with Crippen molar-refractivity contribution in [2.75, 3.05) is 32.6 Å². The molecule has 150 valence electrons. The average molecular weight is 383 g/mol. The summed E-state index contributed by atoms with van der Waals surface area (Å²) in [5.74, 6) is 1.49. The van der Waals surface area contributed by atoms with E-state index in [4.69, 9.17) is 15.2 Å². The molecule has 28 heavy (non-hydrogen) atoms. The minimum Gasteiger partial charge on any atom is -0.497 e. The largest absolute Gasteiger partial charge is 0.497 e. The molecule has 1 saturated heterocycles. The van der Waals surface area contributed by atoms with Gasteiger partial charge in [0.05, 0.1) is 14.2 Å². The minimum atomic E-state index is -0.604. The highest BCUT2D eigenvalue weighted by atomic mass is 16.5. The van der Waals surface area contributed by atoms with Crippen molar-refractivity contribution in [3.63, 3.8) is 0 Å². The standard InChI is InChI=1S/C22H29N3O3/c1-15-4-6-16(7-5-15)21(23)22(26)25-10-8-17(9-11-25)24-18-12-19(27-2)14-20(13-18)28-3/h4-7,12-14,17,21,24H,8-11,23H2,1-3H3. The van der Waals surface area contributed by atoms with Gasteiger partial charge in [-0.15, -0.1) is 0 Å². The molecule has 3 rings (SSSR count). The molecule has 6 heteroatoms. The summed E-state index contributed by atoms with van der Waals surface area (Å²) >= 11 is 0. The van der Waals surface area contributed by atoms with Crippen molar-refractivity contribution >= 4 is 11.6 Å². The molecule has 1 atom stereocenters. The zero-order valence-electron chi connectivity index (χ0n) is 16.8. The van der Waals surface area contributed by atoms with Crippen molar-refractivity contribution in [1.29, 1.82) is 0 Å². The van der Waals surface area contributed by atoms with Gasteiger partial charge < -0.3 is 25.4 Å². The summed E-state index contributed by atoms with van der Waals surface area (Å²) in [6.07, 6.45) is 1.73. The molecular formula is C22H29N3O3. The van der Waals surface area contributed by atoms with E-state index in [0.717, 1.165) is 41.2 Å². The van der Waals surface area contributed by atoms with E-state index >= 15 is 0 Å². The zero-order chi connectivity index (χ0) is 20.1. The normalized spacial score (nSPS) is 15.8. The maximum Gasteiger partial charge on any atom is 0.244 e. The van der Waals surface area contributed by atoms with E-state index in [1.807, 2.05) is 54.3 Å². The molecule has 2 aromatic carbocycles. The van der Waals surface area contributed by atoms with Crippen molar-refractivity contribution in [2.24, 2.45) is 5.73 Å². The maximum absolute atomic E-state index is 12.8. The van der Waals surface area contributed by atoms with E-state index in [-0.39, 0.29) is 11.9 Å². The first-order valence-electron chi connectivity index (χ1n) is 9.60. The van der Waals surface area contributed by atoms with Crippen molar-refractivity contribution in [1.82, 2.24) is 4.90 Å². The molecule has 0 aliphatic carbocycles. The number of benzene rings is 2. The third-order valence-electron chi connectivity index (χ3n) is 5.23. The number of nitrogens with one attached hydrogen (secondary N) is 1. The first-order chi connectivity index (χ1) is 13.5. The van der Waals surface area contributed by atoms with Gasteiger partial charge >= 0.3 is 0 Å². The predicted octanol–water partition coefficient (Wildman–Crippen LogP) is 3.12. The van der Waals surface area contributed by atoms with E-state index in [2.05, 4.69) is 5.32 Å². The molecule has 1 fully saturated rings. The quantitative estimate of drug-likeness (QED) is 0.801. The first kappa shape index (κ1) is 20.0. The molecule has 1 unspecified atom stereocenters. The van der Waals surface area contributed by atoms with E-state index in [0.29, 0.717) is 13.1 Å². The fourth-order valence-corrected chi connectivity index (χ4v) is 3.48. The summed E-state index contributed by atoms with van der Waals surface area (Å²) in [4.78, 5) is 14.6. The smallest absolute Gasteiger partial charge is 0.244 e. The van der Waals surface area contributed by atoms with Crippen LogP contribution in [0.5, 0.6) is 11.5 Å². The van der Waals surface area contributed by atoms with Crippen LogP contribution in [0, 0.1) is 6.92 Å². The topological polar surface area (TPSA) is 76.8 Å². The van der Waals surface area contributed by atoms with Crippen molar-refractivity contribution in [2.45, 2.75) is 31.8 Å². The molecule has 6 nitrogen and oxygen atoms in total. The lowest BCUT2D eigenvalue weighted by atomic mass is 10.0. The Morgan fingerprint density at radius 1 is 1.07 bits per heavy atom. The van der Waals surface area contributed by atoms with Crippen LogP contribution in [0.25, 0.3) is 0 Å². The first-order valence-corrected chi connectivity index (χ1v) is 9.60. The highest BCUT2D eigenvalue weighted by molar-refractivity contribution is 5.83. The summed E-state index contributed by atoms with van der Waals surface area (Å²) in [6, 6.07) is 13.3. The predicted molar refractivity (Wildman–Crippen MR) is 111 cm³/mol. The van der Waals surface area contributed by atoms with E-state index in [9.17, 15) is 4.79 Å². The van der Waals surface area contributed by atoms with Gasteiger partial charge in [0.25, 0.3) is 0 Å². The number of nitrogens with zero attached hydrogens (tertiary/aromatic N) is 1. The fourth-order valence-electron chi connectivity index (χ4n) is 3.48. The third-order valence-corrected chi connectivity index (χ3v) is 5.23. The molecule has 0 aromatic heterocycles. The highest BCUT2D eigenvalue weighted by Crippen LogP contribution is 2.28. The van der Waals surface area contributed by atoms with Crippen LogP contribution in [-0.4, -0.2) is 44.2 Å². The number of carbonyl (C=O) groups is 1. The lowest BCUT2D eigenvalue weighted by Crippen LogP contribution is -2.45. The minimum absolute atomic E-state index is 0.00893. The highest BCUT2D eigenvalue weighted by Gasteiger charge is 2.27. The number of carbonyl (C=O) groups excluding carboxylic acids is 1. The average Bonchev–Trinajstić information content (AvgIpc) is 2.73. The van der Waals surface area contributed by atoms with Gasteiger partial charge in [0.15, 0.2) is 0 Å². The number of methoxy groups -OCH3 is 2. The van der Waals surface area contributed by atoms with Crippen LogP contribution in [0.3, 0.4) is 0 Å². The number of nitrogens with two attached hydrogens (primary N) is 1. The lowest BCUT2D eigenvalue weighted by Gasteiger charge is -2.34. The van der Waals surface area contributed by atoms with Crippen molar-refractivity contribution in [3.8, 4) is 11.5 Å². The van der Waals surface area contributed by atoms with Crippen LogP contribution >= 0.6 is 0 Å². The van der Waals surface area contributed by atoms with Gasteiger partial charge in [-0.2, -0.15) is 0 Å². The lowest BCUT2D eigenvalue weighted by molar-refractivity contribution is -0.133. The zero-order valence-corrected chi connectivity index (χ0v) is 16.8. The van der Waals surface area contributed by atoms with Gasteiger partial charge in [0, 0.05) is 43.0 Å². The Bertz CT molecular complexity index is 777. The second kappa shape index (κ2) is 8.97. The Kier molecular flexibility index (Phi) is 6.41. The van der Waals surface area contributed by atoms with Gasteiger partial charge in [0.1, 0.15) is 17.5 Å². The number of piperidine rings is 1. The van der Waals surface area contributed by atoms with E-state index in [1.165, 1.54) is 0 Å². The van der Waals surface area contributed by atoms with Crippen molar-refractivity contribution in [3.05, 3.63) is 53.6 Å². The van der Waals surface area contributed by atoms with Crippen LogP contribution in [0.1, 0.15) is 30.0 Å². The number of aryl methyl sites for hydroxylation is 1. The van der Waals surface area contributed by atoms with Gasteiger partial charge in [-0.25, -0.2) is 0 Å². The number of rotatable bonds is 6. The molecule has 1 heterocycles. The van der Waals surface area contributed by atoms with E-state index < -0.39 is 6.04 Å². The number of likely N-dealkylation sites (tertiary alicyclic amines) is 1. The van der Waals surface area contributed by atoms with Crippen LogP contribution in [0.2, 0.25) is 0 Å². The van der Waals surface area contributed by atoms with Gasteiger partial charge in [-0.3, -0.25) is 4.79 Å². The van der Waals surface area contributed by atoms with Crippen LogP contribution in [0.4, 0.5) is 5.69 Å². The molecule has 0 saturated carbocycles. The summed E-state index contributed by atoms with van der Waals surface area (Å²) in [6.45, 7) is 3.40. The molecule has 0 spiro atoms. The Morgan fingerprint density at radius 2 is 1.64 bits per heavy atom. The molecule has 0 bridgehead atoms. The van der Waals surface area contributed by atoms with Gasteiger partial charge in [-0.05, 0) is 25.3 Å². The van der Waals surface area contributed by atoms with Gasteiger partial charge in [0.2, 0.25) is 5.91 Å². The Hall–Kier alpha value is -2.73. The third kappa shape index (κ3) is 4.75. The number of amides is 1.